The maximum atomic E-state index is 13.4. The molecule has 196 valence electrons. The fourth-order valence-electron chi connectivity index (χ4n) is 5.35. The van der Waals surface area contributed by atoms with Crippen molar-refractivity contribution < 1.29 is 35.9 Å². The van der Waals surface area contributed by atoms with Gasteiger partial charge < -0.3 is 10.1 Å². The summed E-state index contributed by atoms with van der Waals surface area (Å²) in [5.74, 6) is -0.198. The van der Waals surface area contributed by atoms with Gasteiger partial charge in [0.1, 0.15) is 0 Å². The summed E-state index contributed by atoms with van der Waals surface area (Å²) in [7, 11) is 1.92. The van der Waals surface area contributed by atoms with Crippen molar-refractivity contribution in [1.82, 2.24) is 10.2 Å². The van der Waals surface area contributed by atoms with E-state index in [9.17, 15) is 31.1 Å². The Bertz CT molecular complexity index is 1040. The largest absolute Gasteiger partial charge is 0.416 e. The summed E-state index contributed by atoms with van der Waals surface area (Å²) in [6.45, 7) is 1.48. The molecular formula is C26H28F6N2O2. The third-order valence-corrected chi connectivity index (χ3v) is 7.19. The van der Waals surface area contributed by atoms with Gasteiger partial charge in [-0.1, -0.05) is 30.3 Å². The number of carbonyl (C=O) groups excluding carboxylic acids is 1. The topological polar surface area (TPSA) is 41.6 Å². The third-order valence-electron chi connectivity index (χ3n) is 7.19. The summed E-state index contributed by atoms with van der Waals surface area (Å²) >= 11 is 0. The Morgan fingerprint density at radius 3 is 2.08 bits per heavy atom. The quantitative estimate of drug-likeness (QED) is 0.461. The second kappa shape index (κ2) is 10.0. The van der Waals surface area contributed by atoms with Crippen LogP contribution in [0.4, 0.5) is 26.3 Å². The average Bonchev–Trinajstić information content (AvgIpc) is 3.44. The first-order valence-corrected chi connectivity index (χ1v) is 11.9. The third kappa shape index (κ3) is 5.70. The van der Waals surface area contributed by atoms with Crippen molar-refractivity contribution in [3.8, 4) is 0 Å². The highest BCUT2D eigenvalue weighted by Crippen LogP contribution is 2.44. The predicted octanol–water partition coefficient (Wildman–Crippen LogP) is 6.28. The number of alkyl halides is 6. The van der Waals surface area contributed by atoms with E-state index < -0.39 is 35.7 Å². The molecule has 5 atom stereocenters. The standard InChI is InChI=1S/C26H28F6N2O2/c1-15(17-12-18(25(27,28)29)14-19(13-17)26(30,31)32)36-21-9-8-20(24(21)16-6-4-3-5-7-16)34(2)22-10-11-23(35)33-22/h3-7,12-15,20-22,24H,8-11H2,1-2H3,(H,33,35)/t15-,20?,21?,22+,24?/m1/s1. The molecule has 3 unspecified atom stereocenters. The number of nitrogens with zero attached hydrogens (tertiary/aromatic N) is 1. The SMILES string of the molecule is C[C@@H](OC1CCC(N(C)[C@H]2CCC(=O)N2)C1c1ccccc1)c1cc(C(F)(F)F)cc(C(F)(F)F)c1. The zero-order chi connectivity index (χ0) is 26.3. The van der Waals surface area contributed by atoms with Gasteiger partial charge in [-0.3, -0.25) is 9.69 Å². The molecule has 4 rings (SSSR count). The van der Waals surface area contributed by atoms with Gasteiger partial charge in [0.05, 0.1) is 29.5 Å². The molecule has 2 aliphatic rings. The molecule has 1 aliphatic carbocycles. The van der Waals surface area contributed by atoms with Crippen LogP contribution >= 0.6 is 0 Å². The van der Waals surface area contributed by atoms with Crippen molar-refractivity contribution in [3.05, 3.63) is 70.8 Å². The van der Waals surface area contributed by atoms with Gasteiger partial charge >= 0.3 is 12.4 Å². The van der Waals surface area contributed by atoms with E-state index in [1.165, 1.54) is 6.92 Å². The van der Waals surface area contributed by atoms with E-state index in [1.807, 2.05) is 37.4 Å². The van der Waals surface area contributed by atoms with Crippen molar-refractivity contribution in [1.29, 1.82) is 0 Å². The number of benzene rings is 2. The lowest BCUT2D eigenvalue weighted by Gasteiger charge is -2.36. The first kappa shape index (κ1) is 26.5. The van der Waals surface area contributed by atoms with E-state index in [4.69, 9.17) is 4.74 Å². The van der Waals surface area contributed by atoms with E-state index in [1.54, 1.807) is 0 Å². The minimum absolute atomic E-state index is 0.0208. The maximum absolute atomic E-state index is 13.4. The van der Waals surface area contributed by atoms with Crippen molar-refractivity contribution in [3.63, 3.8) is 0 Å². The fraction of sp³-hybridized carbons (Fsp3) is 0.500. The van der Waals surface area contributed by atoms with Crippen LogP contribution in [0.3, 0.4) is 0 Å². The summed E-state index contributed by atoms with van der Waals surface area (Å²) in [5, 5.41) is 2.96. The van der Waals surface area contributed by atoms with Crippen LogP contribution in [0.25, 0.3) is 0 Å². The highest BCUT2D eigenvalue weighted by atomic mass is 19.4. The molecule has 2 fully saturated rings. The van der Waals surface area contributed by atoms with Crippen LogP contribution in [-0.2, 0) is 21.9 Å². The zero-order valence-electron chi connectivity index (χ0n) is 19.9. The minimum Gasteiger partial charge on any atom is -0.370 e. The molecule has 0 bridgehead atoms. The van der Waals surface area contributed by atoms with E-state index in [2.05, 4.69) is 10.2 Å². The zero-order valence-corrected chi connectivity index (χ0v) is 19.9. The summed E-state index contributed by atoms with van der Waals surface area (Å²) in [6, 6.07) is 11.1. The fourth-order valence-corrected chi connectivity index (χ4v) is 5.35. The van der Waals surface area contributed by atoms with E-state index in [-0.39, 0.29) is 35.7 Å². The van der Waals surface area contributed by atoms with Crippen LogP contribution in [0.1, 0.15) is 66.9 Å². The van der Waals surface area contributed by atoms with Crippen LogP contribution in [-0.4, -0.2) is 36.2 Å². The smallest absolute Gasteiger partial charge is 0.370 e. The van der Waals surface area contributed by atoms with Gasteiger partial charge in [-0.15, -0.1) is 0 Å². The predicted molar refractivity (Wildman–Crippen MR) is 121 cm³/mol. The molecule has 0 radical (unpaired) electrons. The minimum atomic E-state index is -4.92. The van der Waals surface area contributed by atoms with Gasteiger partial charge in [0, 0.05) is 18.4 Å². The molecule has 1 N–H and O–H groups in total. The molecule has 0 spiro atoms. The Balaban J connectivity index is 1.62. The number of amides is 1. The highest BCUT2D eigenvalue weighted by molar-refractivity contribution is 5.78. The second-order valence-electron chi connectivity index (χ2n) is 9.52. The number of carbonyl (C=O) groups is 1. The van der Waals surface area contributed by atoms with Gasteiger partial charge in [0.15, 0.2) is 0 Å². The van der Waals surface area contributed by atoms with E-state index >= 15 is 0 Å². The second-order valence-corrected chi connectivity index (χ2v) is 9.52. The number of hydrogen-bond acceptors (Lipinski definition) is 3. The number of likely N-dealkylation sites (N-methyl/N-ethyl adjacent to an activating group) is 1. The number of rotatable bonds is 6. The Morgan fingerprint density at radius 2 is 1.56 bits per heavy atom. The van der Waals surface area contributed by atoms with Gasteiger partial charge in [-0.05, 0) is 62.6 Å². The molecule has 1 amide bonds. The Kier molecular flexibility index (Phi) is 7.39. The lowest BCUT2D eigenvalue weighted by molar-refractivity contribution is -0.143. The first-order chi connectivity index (χ1) is 16.8. The van der Waals surface area contributed by atoms with Gasteiger partial charge in [-0.2, -0.15) is 26.3 Å². The highest BCUT2D eigenvalue weighted by Gasteiger charge is 2.44. The van der Waals surface area contributed by atoms with Gasteiger partial charge in [0.25, 0.3) is 0 Å². The van der Waals surface area contributed by atoms with Crippen LogP contribution in [0, 0.1) is 0 Å². The average molecular weight is 515 g/mol. The summed E-state index contributed by atoms with van der Waals surface area (Å²) < 4.78 is 86.4. The Labute approximate surface area is 205 Å². The maximum Gasteiger partial charge on any atom is 0.416 e. The Hall–Kier alpha value is -2.59. The lowest BCUT2D eigenvalue weighted by atomic mass is 9.91. The normalized spacial score (nSPS) is 25.9. The first-order valence-electron chi connectivity index (χ1n) is 11.9. The van der Waals surface area contributed by atoms with E-state index in [0.717, 1.165) is 17.7 Å². The number of hydrogen-bond donors (Lipinski definition) is 1. The number of ether oxygens (including phenoxy) is 1. The van der Waals surface area contributed by atoms with Crippen LogP contribution in [0.2, 0.25) is 0 Å². The molecule has 0 aromatic heterocycles. The molecule has 10 heteroatoms. The van der Waals surface area contributed by atoms with Crippen molar-refractivity contribution in [2.75, 3.05) is 7.05 Å². The van der Waals surface area contributed by atoms with Crippen LogP contribution in [0.5, 0.6) is 0 Å². The van der Waals surface area contributed by atoms with E-state index in [0.29, 0.717) is 25.7 Å². The van der Waals surface area contributed by atoms with Gasteiger partial charge in [-0.25, -0.2) is 0 Å². The van der Waals surface area contributed by atoms with Crippen LogP contribution in [0.15, 0.2) is 48.5 Å². The molecular weight excluding hydrogens is 486 g/mol. The summed E-state index contributed by atoms with van der Waals surface area (Å²) in [4.78, 5) is 13.9. The Morgan fingerprint density at radius 1 is 0.944 bits per heavy atom. The van der Waals surface area contributed by atoms with Crippen molar-refractivity contribution in [2.45, 2.75) is 75.3 Å². The number of nitrogens with one attached hydrogen (secondary N) is 1. The van der Waals surface area contributed by atoms with Crippen molar-refractivity contribution in [2.24, 2.45) is 0 Å². The van der Waals surface area contributed by atoms with Crippen LogP contribution < -0.4 is 5.32 Å². The molecule has 36 heavy (non-hydrogen) atoms. The molecule has 2 aromatic rings. The molecule has 1 saturated heterocycles. The molecule has 2 aromatic carbocycles. The summed E-state index contributed by atoms with van der Waals surface area (Å²) in [6.07, 6.45) is -9.03. The van der Waals surface area contributed by atoms with Crippen molar-refractivity contribution >= 4 is 5.91 Å². The number of halogens is 6. The summed E-state index contributed by atoms with van der Waals surface area (Å²) in [5.41, 5.74) is -1.93. The lowest BCUT2D eigenvalue weighted by Crippen LogP contribution is -2.48. The van der Waals surface area contributed by atoms with Gasteiger partial charge in [0.2, 0.25) is 5.91 Å². The molecule has 1 saturated carbocycles. The molecule has 4 nitrogen and oxygen atoms in total. The monoisotopic (exact) mass is 514 g/mol. The molecule has 1 aliphatic heterocycles. The molecule has 1 heterocycles.